The number of carbonyl (C=O) groups excluding carboxylic acids is 3. The molecule has 0 aromatic carbocycles. The van der Waals surface area contributed by atoms with Crippen molar-refractivity contribution in [3.8, 4) is 0 Å². The molecule has 0 spiro atoms. The van der Waals surface area contributed by atoms with E-state index in [1.807, 2.05) is 0 Å². The zero-order valence-electron chi connectivity index (χ0n) is 19.2. The maximum Gasteiger partial charge on any atom is 0.318 e. The second kappa shape index (κ2) is 7.91. The third-order valence-electron chi connectivity index (χ3n) is 7.61. The smallest absolute Gasteiger partial charge is 0.318 e. The van der Waals surface area contributed by atoms with Crippen LogP contribution in [-0.2, 0) is 33.3 Å². The molecule has 4 rings (SSSR count). The molecule has 4 aliphatic rings. The van der Waals surface area contributed by atoms with Crippen LogP contribution in [0, 0.1) is 28.6 Å². The molecule has 2 aliphatic heterocycles. The van der Waals surface area contributed by atoms with Gasteiger partial charge in [0.05, 0.1) is 5.92 Å². The van der Waals surface area contributed by atoms with E-state index in [1.54, 1.807) is 0 Å². The van der Waals surface area contributed by atoms with E-state index in [-0.39, 0.29) is 29.3 Å². The van der Waals surface area contributed by atoms with Crippen LogP contribution in [-0.4, -0.2) is 37.1 Å². The predicted molar refractivity (Wildman–Crippen MR) is 110 cm³/mol. The van der Waals surface area contributed by atoms with E-state index in [1.165, 1.54) is 25.8 Å². The summed E-state index contributed by atoms with van der Waals surface area (Å²) >= 11 is 0. The van der Waals surface area contributed by atoms with Crippen molar-refractivity contribution in [1.82, 2.24) is 0 Å². The molecule has 6 atom stereocenters. The van der Waals surface area contributed by atoms with Crippen molar-refractivity contribution < 1.29 is 33.3 Å². The van der Waals surface area contributed by atoms with E-state index in [0.717, 1.165) is 37.7 Å². The van der Waals surface area contributed by atoms with Crippen molar-refractivity contribution in [2.75, 3.05) is 6.61 Å². The highest BCUT2D eigenvalue weighted by molar-refractivity contribution is 5.79. The molecule has 1 saturated carbocycles. The average molecular weight is 435 g/mol. The predicted octanol–water partition coefficient (Wildman–Crippen LogP) is 3.90. The molecule has 0 N–H and O–H groups in total. The van der Waals surface area contributed by atoms with Crippen LogP contribution in [0.1, 0.15) is 73.1 Å². The van der Waals surface area contributed by atoms with Gasteiger partial charge in [0.2, 0.25) is 12.6 Å². The molecule has 172 valence electrons. The van der Waals surface area contributed by atoms with Crippen LogP contribution in [0.15, 0.2) is 11.1 Å². The molecule has 0 unspecified atom stereocenters. The molecule has 2 aliphatic carbocycles. The topological polar surface area (TPSA) is 88.1 Å². The Kier molecular flexibility index (Phi) is 5.69. The van der Waals surface area contributed by atoms with Crippen molar-refractivity contribution in [2.45, 2.75) is 85.7 Å². The quantitative estimate of drug-likeness (QED) is 0.377. The lowest BCUT2D eigenvalue weighted by Gasteiger charge is -2.49. The van der Waals surface area contributed by atoms with Crippen molar-refractivity contribution in [3.05, 3.63) is 11.1 Å². The number of esters is 3. The Morgan fingerprint density at radius 1 is 1.13 bits per heavy atom. The van der Waals surface area contributed by atoms with Gasteiger partial charge in [-0.3, -0.25) is 14.4 Å². The minimum absolute atomic E-state index is 0.0271. The largest absolute Gasteiger partial charge is 0.465 e. The van der Waals surface area contributed by atoms with E-state index in [9.17, 15) is 14.4 Å². The first kappa shape index (κ1) is 22.3. The Morgan fingerprint density at radius 3 is 2.52 bits per heavy atom. The Bertz CT molecular complexity index is 813. The second-order valence-corrected chi connectivity index (χ2v) is 10.7. The standard InChI is InChI=1S/C24H34O7/c1-13(25)28-11-16-18-17(24(5)10-6-9-23(3,4)12-24)8-7-15-19(18)22(30-20(16)27)31-21(15)29-14(2)26/h15-16,19,21-22H,6-12H2,1-5H3/t15-,16-,19-,21-,22-,24-/m1/s1. The fraction of sp³-hybridized carbons (Fsp3) is 0.792. The van der Waals surface area contributed by atoms with Crippen LogP contribution in [0.2, 0.25) is 0 Å². The Morgan fingerprint density at radius 2 is 1.87 bits per heavy atom. The van der Waals surface area contributed by atoms with Crippen molar-refractivity contribution in [2.24, 2.45) is 28.6 Å². The summed E-state index contributed by atoms with van der Waals surface area (Å²) in [5, 5.41) is 0. The van der Waals surface area contributed by atoms with Crippen LogP contribution in [0.25, 0.3) is 0 Å². The molecule has 7 heteroatoms. The number of hydrogen-bond donors (Lipinski definition) is 0. The lowest BCUT2D eigenvalue weighted by molar-refractivity contribution is -0.220. The molecule has 2 saturated heterocycles. The van der Waals surface area contributed by atoms with E-state index in [0.29, 0.717) is 0 Å². The van der Waals surface area contributed by atoms with Gasteiger partial charge in [-0.2, -0.15) is 0 Å². The molecule has 0 aromatic heterocycles. The van der Waals surface area contributed by atoms with Gasteiger partial charge in [0.25, 0.3) is 0 Å². The van der Waals surface area contributed by atoms with Crippen LogP contribution in [0.5, 0.6) is 0 Å². The van der Waals surface area contributed by atoms with Crippen LogP contribution in [0.3, 0.4) is 0 Å². The molecular weight excluding hydrogens is 400 g/mol. The molecule has 2 heterocycles. The maximum absolute atomic E-state index is 13.0. The van der Waals surface area contributed by atoms with Gasteiger partial charge < -0.3 is 18.9 Å². The molecule has 0 amide bonds. The van der Waals surface area contributed by atoms with Gasteiger partial charge in [-0.25, -0.2) is 0 Å². The summed E-state index contributed by atoms with van der Waals surface area (Å²) in [6, 6.07) is 0. The summed E-state index contributed by atoms with van der Waals surface area (Å²) < 4.78 is 22.3. The molecule has 31 heavy (non-hydrogen) atoms. The van der Waals surface area contributed by atoms with Crippen molar-refractivity contribution in [1.29, 1.82) is 0 Å². The highest BCUT2D eigenvalue weighted by Gasteiger charge is 2.59. The Balaban J connectivity index is 1.78. The molecule has 0 aromatic rings. The summed E-state index contributed by atoms with van der Waals surface area (Å²) in [5.74, 6) is -2.14. The van der Waals surface area contributed by atoms with Crippen molar-refractivity contribution in [3.63, 3.8) is 0 Å². The lowest BCUT2D eigenvalue weighted by Crippen LogP contribution is -2.46. The minimum atomic E-state index is -0.763. The van der Waals surface area contributed by atoms with Crippen molar-refractivity contribution >= 4 is 17.9 Å². The summed E-state index contributed by atoms with van der Waals surface area (Å²) in [4.78, 5) is 36.2. The molecule has 3 fully saturated rings. The van der Waals surface area contributed by atoms with Crippen LogP contribution >= 0.6 is 0 Å². The van der Waals surface area contributed by atoms with Gasteiger partial charge in [0, 0.05) is 19.8 Å². The van der Waals surface area contributed by atoms with E-state index < -0.39 is 36.4 Å². The normalized spacial score (nSPS) is 38.9. The fourth-order valence-corrected chi connectivity index (χ4v) is 6.64. The third-order valence-corrected chi connectivity index (χ3v) is 7.61. The summed E-state index contributed by atoms with van der Waals surface area (Å²) in [5.41, 5.74) is 2.50. The first-order chi connectivity index (χ1) is 14.5. The molecule has 7 nitrogen and oxygen atoms in total. The highest BCUT2D eigenvalue weighted by Crippen LogP contribution is 2.59. The Labute approximate surface area is 183 Å². The SMILES string of the molecule is CC(=O)OC[C@H]1C(=O)O[C@@H]2O[C@@H](OC(C)=O)[C@@H]3CCC([C@]4(C)CCCC(C)(C)C4)=C1[C@H]23. The summed E-state index contributed by atoms with van der Waals surface area (Å²) in [7, 11) is 0. The monoisotopic (exact) mass is 434 g/mol. The van der Waals surface area contributed by atoms with Crippen LogP contribution < -0.4 is 0 Å². The second-order valence-electron chi connectivity index (χ2n) is 10.7. The highest BCUT2D eigenvalue weighted by atomic mass is 16.8. The van der Waals surface area contributed by atoms with Gasteiger partial charge in [0.15, 0.2) is 0 Å². The van der Waals surface area contributed by atoms with Gasteiger partial charge in [-0.05, 0) is 48.5 Å². The van der Waals surface area contributed by atoms with E-state index in [2.05, 4.69) is 20.8 Å². The third kappa shape index (κ3) is 4.13. The fourth-order valence-electron chi connectivity index (χ4n) is 6.64. The Hall–Kier alpha value is -1.89. The number of rotatable bonds is 4. The van der Waals surface area contributed by atoms with Gasteiger partial charge in [-0.1, -0.05) is 32.8 Å². The number of ether oxygens (including phenoxy) is 4. The van der Waals surface area contributed by atoms with Gasteiger partial charge >= 0.3 is 17.9 Å². The lowest BCUT2D eigenvalue weighted by atomic mass is 9.56. The first-order valence-corrected chi connectivity index (χ1v) is 11.4. The minimum Gasteiger partial charge on any atom is -0.465 e. The zero-order valence-corrected chi connectivity index (χ0v) is 19.2. The molecule has 0 bridgehead atoms. The van der Waals surface area contributed by atoms with Gasteiger partial charge in [0.1, 0.15) is 12.5 Å². The average Bonchev–Trinajstić information content (AvgIpc) is 2.97. The number of allylic oxidation sites excluding steroid dienone is 1. The number of carbonyl (C=O) groups is 3. The van der Waals surface area contributed by atoms with Crippen LogP contribution in [0.4, 0.5) is 0 Å². The van der Waals surface area contributed by atoms with Gasteiger partial charge in [-0.15, -0.1) is 0 Å². The molecular formula is C24H34O7. The first-order valence-electron chi connectivity index (χ1n) is 11.4. The van der Waals surface area contributed by atoms with E-state index in [4.69, 9.17) is 18.9 Å². The molecule has 0 radical (unpaired) electrons. The maximum atomic E-state index is 13.0. The number of hydrogen-bond acceptors (Lipinski definition) is 7. The van der Waals surface area contributed by atoms with E-state index >= 15 is 0 Å². The summed E-state index contributed by atoms with van der Waals surface area (Å²) in [6.07, 6.45) is 4.60. The summed E-state index contributed by atoms with van der Waals surface area (Å²) in [6.45, 7) is 9.61. The zero-order chi connectivity index (χ0) is 22.6.